The maximum Gasteiger partial charge on any atom is 0.339 e. The highest BCUT2D eigenvalue weighted by atomic mass is 19.1. The summed E-state index contributed by atoms with van der Waals surface area (Å²) >= 11 is 0. The molecule has 5 heteroatoms. The van der Waals surface area contributed by atoms with Crippen molar-refractivity contribution in [2.45, 2.75) is 18.9 Å². The van der Waals surface area contributed by atoms with Gasteiger partial charge in [-0.25, -0.2) is 9.18 Å². The highest BCUT2D eigenvalue weighted by Gasteiger charge is 2.42. The third kappa shape index (κ3) is 2.81. The summed E-state index contributed by atoms with van der Waals surface area (Å²) in [6.07, 6.45) is 0.116. The van der Waals surface area contributed by atoms with Crippen LogP contribution in [0.1, 0.15) is 22.8 Å². The van der Waals surface area contributed by atoms with Gasteiger partial charge < -0.3 is 10.1 Å². The highest BCUT2D eigenvalue weighted by molar-refractivity contribution is 6.03. The van der Waals surface area contributed by atoms with Gasteiger partial charge >= 0.3 is 5.97 Å². The van der Waals surface area contributed by atoms with Crippen molar-refractivity contribution in [2.24, 2.45) is 0 Å². The molecule has 0 aromatic heterocycles. The molecule has 0 saturated carbocycles. The van der Waals surface area contributed by atoms with E-state index in [2.05, 4.69) is 5.32 Å². The molecular formula is C21H16FNO3. The first-order valence-electron chi connectivity index (χ1n) is 8.27. The molecule has 0 saturated heterocycles. The molecule has 3 aromatic rings. The molecule has 3 aromatic carbocycles. The van der Waals surface area contributed by atoms with E-state index >= 15 is 0 Å². The van der Waals surface area contributed by atoms with Gasteiger partial charge in [0.15, 0.2) is 5.60 Å². The van der Waals surface area contributed by atoms with E-state index in [0.717, 1.165) is 10.8 Å². The summed E-state index contributed by atoms with van der Waals surface area (Å²) in [6.45, 7) is 1.54. The van der Waals surface area contributed by atoms with E-state index in [-0.39, 0.29) is 6.42 Å². The van der Waals surface area contributed by atoms with Crippen LogP contribution in [0, 0.1) is 5.82 Å². The lowest BCUT2D eigenvalue weighted by atomic mass is 9.89. The van der Waals surface area contributed by atoms with Gasteiger partial charge in [0.1, 0.15) is 5.82 Å². The topological polar surface area (TPSA) is 55.4 Å². The fourth-order valence-corrected chi connectivity index (χ4v) is 3.22. The number of rotatable bonds is 2. The van der Waals surface area contributed by atoms with Crippen LogP contribution in [0.15, 0.2) is 60.7 Å². The van der Waals surface area contributed by atoms with E-state index in [0.29, 0.717) is 16.8 Å². The van der Waals surface area contributed by atoms with Crippen LogP contribution in [0.3, 0.4) is 0 Å². The minimum absolute atomic E-state index is 0.116. The number of benzene rings is 3. The lowest BCUT2D eigenvalue weighted by Gasteiger charge is -2.33. The first-order chi connectivity index (χ1) is 12.4. The van der Waals surface area contributed by atoms with Gasteiger partial charge in [-0.3, -0.25) is 4.79 Å². The van der Waals surface area contributed by atoms with Gasteiger partial charge in [-0.1, -0.05) is 30.3 Å². The van der Waals surface area contributed by atoms with Crippen LogP contribution in [0.2, 0.25) is 0 Å². The molecule has 0 radical (unpaired) electrons. The molecule has 4 rings (SSSR count). The number of hydrogen-bond acceptors (Lipinski definition) is 3. The number of nitrogens with one attached hydrogen (secondary N) is 1. The fourth-order valence-electron chi connectivity index (χ4n) is 3.22. The molecule has 1 N–H and O–H groups in total. The number of carbonyl (C=O) groups excluding carboxylic acids is 2. The fraction of sp³-hybridized carbons (Fsp3) is 0.143. The van der Waals surface area contributed by atoms with Crippen LogP contribution in [-0.2, 0) is 16.0 Å². The molecule has 4 nitrogen and oxygen atoms in total. The minimum Gasteiger partial charge on any atom is -0.445 e. The van der Waals surface area contributed by atoms with Crippen molar-refractivity contribution in [1.82, 2.24) is 0 Å². The summed E-state index contributed by atoms with van der Waals surface area (Å²) in [5.74, 6) is -1.52. The van der Waals surface area contributed by atoms with E-state index in [1.54, 1.807) is 6.07 Å². The number of fused-ring (bicyclic) bond motifs is 2. The van der Waals surface area contributed by atoms with Crippen molar-refractivity contribution in [1.29, 1.82) is 0 Å². The smallest absolute Gasteiger partial charge is 0.339 e. The molecule has 1 amide bonds. The van der Waals surface area contributed by atoms with Crippen LogP contribution in [0.4, 0.5) is 10.1 Å². The molecule has 1 aliphatic heterocycles. The second-order valence-electron chi connectivity index (χ2n) is 6.61. The van der Waals surface area contributed by atoms with Gasteiger partial charge in [0.2, 0.25) is 0 Å². The Morgan fingerprint density at radius 2 is 1.85 bits per heavy atom. The number of esters is 1. The Hall–Kier alpha value is -3.21. The van der Waals surface area contributed by atoms with Crippen molar-refractivity contribution in [2.75, 3.05) is 5.32 Å². The molecule has 130 valence electrons. The van der Waals surface area contributed by atoms with Crippen molar-refractivity contribution in [3.8, 4) is 0 Å². The number of anilines is 1. The average Bonchev–Trinajstić information content (AvgIpc) is 2.61. The second kappa shape index (κ2) is 5.95. The number of hydrogen-bond donors (Lipinski definition) is 1. The number of halogens is 1. The zero-order valence-electron chi connectivity index (χ0n) is 14.1. The first kappa shape index (κ1) is 16.3. The Morgan fingerprint density at radius 3 is 2.65 bits per heavy atom. The molecule has 0 fully saturated rings. The van der Waals surface area contributed by atoms with Gasteiger partial charge in [-0.05, 0) is 53.6 Å². The SMILES string of the molecule is CC1(C(=O)Nc2ccc3ccccc3c2)Cc2cc(F)ccc2C(=O)O1. The Kier molecular flexibility index (Phi) is 3.72. The molecule has 0 aliphatic carbocycles. The lowest BCUT2D eigenvalue weighted by molar-refractivity contribution is -0.134. The summed E-state index contributed by atoms with van der Waals surface area (Å²) < 4.78 is 18.9. The van der Waals surface area contributed by atoms with Crippen molar-refractivity contribution in [3.05, 3.63) is 77.6 Å². The number of carbonyl (C=O) groups is 2. The van der Waals surface area contributed by atoms with E-state index in [1.807, 2.05) is 36.4 Å². The molecule has 1 aliphatic rings. The lowest BCUT2D eigenvalue weighted by Crippen LogP contribution is -2.48. The number of amides is 1. The van der Waals surface area contributed by atoms with Gasteiger partial charge in [-0.15, -0.1) is 0 Å². The summed E-state index contributed by atoms with van der Waals surface area (Å²) in [5.41, 5.74) is -0.0282. The Balaban J connectivity index is 1.61. The predicted octanol–water partition coefficient (Wildman–Crippen LogP) is 4.09. The maximum absolute atomic E-state index is 13.5. The molecule has 1 unspecified atom stereocenters. The molecule has 1 heterocycles. The van der Waals surface area contributed by atoms with Gasteiger partial charge in [0.25, 0.3) is 5.91 Å². The van der Waals surface area contributed by atoms with E-state index in [4.69, 9.17) is 4.74 Å². The van der Waals surface area contributed by atoms with Crippen LogP contribution in [-0.4, -0.2) is 17.5 Å². The first-order valence-corrected chi connectivity index (χ1v) is 8.27. The van der Waals surface area contributed by atoms with Gasteiger partial charge in [0.05, 0.1) is 5.56 Å². The van der Waals surface area contributed by atoms with Crippen molar-refractivity contribution >= 4 is 28.3 Å². The summed E-state index contributed by atoms with van der Waals surface area (Å²) in [4.78, 5) is 25.0. The number of ether oxygens (including phenoxy) is 1. The second-order valence-corrected chi connectivity index (χ2v) is 6.61. The predicted molar refractivity (Wildman–Crippen MR) is 96.5 cm³/mol. The highest BCUT2D eigenvalue weighted by Crippen LogP contribution is 2.30. The maximum atomic E-state index is 13.5. The Labute approximate surface area is 149 Å². The van der Waals surface area contributed by atoms with Crippen LogP contribution >= 0.6 is 0 Å². The molecule has 26 heavy (non-hydrogen) atoms. The van der Waals surface area contributed by atoms with E-state index in [1.165, 1.54) is 25.1 Å². The quantitative estimate of drug-likeness (QED) is 0.709. The number of cyclic esters (lactones) is 1. The molecular weight excluding hydrogens is 333 g/mol. The van der Waals surface area contributed by atoms with Crippen molar-refractivity contribution in [3.63, 3.8) is 0 Å². The van der Waals surface area contributed by atoms with E-state index < -0.39 is 23.3 Å². The average molecular weight is 349 g/mol. The monoisotopic (exact) mass is 349 g/mol. The summed E-state index contributed by atoms with van der Waals surface area (Å²) in [7, 11) is 0. The van der Waals surface area contributed by atoms with Crippen LogP contribution in [0.25, 0.3) is 10.8 Å². The zero-order chi connectivity index (χ0) is 18.3. The molecule has 1 atom stereocenters. The van der Waals surface area contributed by atoms with Gasteiger partial charge in [0, 0.05) is 12.1 Å². The summed E-state index contributed by atoms with van der Waals surface area (Å²) in [5, 5.41) is 4.85. The normalized spacial score (nSPS) is 18.9. The zero-order valence-corrected chi connectivity index (χ0v) is 14.1. The molecule has 0 bridgehead atoms. The standard InChI is InChI=1S/C21H16FNO3/c1-21(12-15-10-16(22)7-9-18(15)19(24)26-21)20(25)23-17-8-6-13-4-2-3-5-14(13)11-17/h2-11H,12H2,1H3,(H,23,25). The molecule has 0 spiro atoms. The van der Waals surface area contributed by atoms with Crippen LogP contribution < -0.4 is 5.32 Å². The van der Waals surface area contributed by atoms with E-state index in [9.17, 15) is 14.0 Å². The van der Waals surface area contributed by atoms with Crippen LogP contribution in [0.5, 0.6) is 0 Å². The minimum atomic E-state index is -1.40. The Morgan fingerprint density at radius 1 is 1.08 bits per heavy atom. The third-order valence-corrected chi connectivity index (χ3v) is 4.62. The third-order valence-electron chi connectivity index (χ3n) is 4.62. The van der Waals surface area contributed by atoms with Crippen molar-refractivity contribution < 1.29 is 18.7 Å². The largest absolute Gasteiger partial charge is 0.445 e. The Bertz CT molecular complexity index is 1050. The van der Waals surface area contributed by atoms with Gasteiger partial charge in [-0.2, -0.15) is 0 Å². The summed E-state index contributed by atoms with van der Waals surface area (Å²) in [6, 6.07) is 17.2.